The Morgan fingerprint density at radius 3 is 2.00 bits per heavy atom. The fraction of sp³-hybridized carbons (Fsp3) is 0.348. The molecule has 1 unspecified atom stereocenters. The number of esters is 1. The van der Waals surface area contributed by atoms with Crippen molar-refractivity contribution >= 4 is 39.7 Å². The summed E-state index contributed by atoms with van der Waals surface area (Å²) in [6.45, 7) is 0. The molecule has 4 nitrogen and oxygen atoms in total. The minimum Gasteiger partial charge on any atom is -0.469 e. The first kappa shape index (κ1) is 23.2. The van der Waals surface area contributed by atoms with E-state index in [1.165, 1.54) is 30.6 Å². The number of hydrogen-bond donors (Lipinski definition) is 0. The number of rotatable bonds is 11. The molecule has 1 atom stereocenters. The van der Waals surface area contributed by atoms with E-state index in [9.17, 15) is 14.4 Å². The van der Waals surface area contributed by atoms with Gasteiger partial charge in [-0.2, -0.15) is 0 Å². The first-order valence-corrected chi connectivity index (χ1v) is 11.5. The normalized spacial score (nSPS) is 11.6. The van der Waals surface area contributed by atoms with Crippen molar-refractivity contribution in [1.29, 1.82) is 0 Å². The van der Waals surface area contributed by atoms with E-state index in [0.717, 1.165) is 25.7 Å². The lowest BCUT2D eigenvalue weighted by Gasteiger charge is -2.15. The van der Waals surface area contributed by atoms with Crippen LogP contribution in [-0.4, -0.2) is 34.3 Å². The van der Waals surface area contributed by atoms with Crippen molar-refractivity contribution in [2.45, 2.75) is 37.4 Å². The Bertz CT molecular complexity index is 778. The van der Waals surface area contributed by atoms with Crippen LogP contribution in [0, 0.1) is 0 Å². The largest absolute Gasteiger partial charge is 0.469 e. The second-order valence-corrected chi connectivity index (χ2v) is 8.85. The van der Waals surface area contributed by atoms with E-state index in [2.05, 4.69) is 4.74 Å². The number of ether oxygens (including phenoxy) is 1. The van der Waals surface area contributed by atoms with E-state index >= 15 is 0 Å². The molecule has 2 rings (SSSR count). The second-order valence-electron chi connectivity index (χ2n) is 6.51. The molecule has 0 aromatic heterocycles. The van der Waals surface area contributed by atoms with Crippen LogP contribution < -0.4 is 0 Å². The van der Waals surface area contributed by atoms with Gasteiger partial charge in [0.15, 0.2) is 0 Å². The molecule has 0 spiro atoms. The van der Waals surface area contributed by atoms with Crippen LogP contribution in [-0.2, 0) is 9.53 Å². The molecule has 0 saturated heterocycles. The van der Waals surface area contributed by atoms with Gasteiger partial charge < -0.3 is 4.74 Å². The van der Waals surface area contributed by atoms with E-state index in [1.54, 1.807) is 0 Å². The standard InChI is InChI=1S/C23H26O4S2/c1-27-21(24)15-9-8-14-20(29-23(26)19-12-6-3-7-13-19)16-17-28-22(25)18-10-4-2-5-11-18/h2-7,10-13,20H,8-9,14-17H2,1H3. The van der Waals surface area contributed by atoms with Gasteiger partial charge in [0.25, 0.3) is 0 Å². The summed E-state index contributed by atoms with van der Waals surface area (Å²) in [6.07, 6.45) is 3.54. The fourth-order valence-corrected chi connectivity index (χ4v) is 4.87. The van der Waals surface area contributed by atoms with Gasteiger partial charge in [0.1, 0.15) is 0 Å². The van der Waals surface area contributed by atoms with Gasteiger partial charge in [-0.15, -0.1) is 0 Å². The van der Waals surface area contributed by atoms with Crippen molar-refractivity contribution < 1.29 is 19.1 Å². The van der Waals surface area contributed by atoms with Crippen LogP contribution in [0.4, 0.5) is 0 Å². The summed E-state index contributed by atoms with van der Waals surface area (Å²) in [7, 11) is 1.39. The van der Waals surface area contributed by atoms with Gasteiger partial charge in [-0.25, -0.2) is 0 Å². The Morgan fingerprint density at radius 1 is 0.828 bits per heavy atom. The third-order valence-electron chi connectivity index (χ3n) is 4.35. The lowest BCUT2D eigenvalue weighted by molar-refractivity contribution is -0.140. The van der Waals surface area contributed by atoms with Gasteiger partial charge in [-0.05, 0) is 19.3 Å². The maximum absolute atomic E-state index is 12.6. The minimum absolute atomic E-state index is 0.0444. The Balaban J connectivity index is 1.86. The summed E-state index contributed by atoms with van der Waals surface area (Å²) in [6, 6.07) is 18.4. The van der Waals surface area contributed by atoms with Crippen LogP contribution in [0.1, 0.15) is 52.8 Å². The van der Waals surface area contributed by atoms with Crippen molar-refractivity contribution in [1.82, 2.24) is 0 Å². The van der Waals surface area contributed by atoms with Gasteiger partial charge in [-0.1, -0.05) is 90.6 Å². The van der Waals surface area contributed by atoms with Crippen molar-refractivity contribution in [3.63, 3.8) is 0 Å². The number of thioether (sulfide) groups is 2. The number of carbonyl (C=O) groups is 3. The summed E-state index contributed by atoms with van der Waals surface area (Å²) >= 11 is 2.62. The summed E-state index contributed by atoms with van der Waals surface area (Å²) in [5.41, 5.74) is 1.38. The molecule has 154 valence electrons. The molecular formula is C23H26O4S2. The van der Waals surface area contributed by atoms with E-state index in [-0.39, 0.29) is 21.4 Å². The third-order valence-corrected chi connectivity index (χ3v) is 6.54. The van der Waals surface area contributed by atoms with Gasteiger partial charge >= 0.3 is 5.97 Å². The molecule has 2 aromatic carbocycles. The summed E-state index contributed by atoms with van der Waals surface area (Å²) in [5.74, 6) is 0.448. The molecular weight excluding hydrogens is 404 g/mol. The van der Waals surface area contributed by atoms with Crippen LogP contribution in [0.15, 0.2) is 60.7 Å². The smallest absolute Gasteiger partial charge is 0.305 e. The fourth-order valence-electron chi connectivity index (χ4n) is 2.74. The first-order chi connectivity index (χ1) is 14.1. The van der Waals surface area contributed by atoms with Crippen LogP contribution in [0.5, 0.6) is 0 Å². The maximum Gasteiger partial charge on any atom is 0.305 e. The Hall–Kier alpha value is -2.05. The zero-order valence-electron chi connectivity index (χ0n) is 16.5. The zero-order chi connectivity index (χ0) is 20.9. The highest BCUT2D eigenvalue weighted by Crippen LogP contribution is 2.27. The molecule has 0 fully saturated rings. The highest BCUT2D eigenvalue weighted by Gasteiger charge is 2.17. The van der Waals surface area contributed by atoms with E-state index < -0.39 is 0 Å². The Morgan fingerprint density at radius 2 is 1.41 bits per heavy atom. The predicted octanol–water partition coefficient (Wildman–Crippen LogP) is 5.63. The van der Waals surface area contributed by atoms with Gasteiger partial charge in [0.2, 0.25) is 10.2 Å². The van der Waals surface area contributed by atoms with Crippen molar-refractivity contribution in [3.05, 3.63) is 71.8 Å². The molecule has 2 aromatic rings. The molecule has 0 aliphatic carbocycles. The quantitative estimate of drug-likeness (QED) is 0.340. The average molecular weight is 431 g/mol. The maximum atomic E-state index is 12.6. The first-order valence-electron chi connectivity index (χ1n) is 9.65. The highest BCUT2D eigenvalue weighted by molar-refractivity contribution is 8.15. The summed E-state index contributed by atoms with van der Waals surface area (Å²) < 4.78 is 4.67. The number of carbonyl (C=O) groups excluding carboxylic acids is 3. The molecule has 0 heterocycles. The van der Waals surface area contributed by atoms with Gasteiger partial charge in [-0.3, -0.25) is 14.4 Å². The molecule has 0 bridgehead atoms. The average Bonchev–Trinajstić information content (AvgIpc) is 2.77. The van der Waals surface area contributed by atoms with Gasteiger partial charge in [0, 0.05) is 28.6 Å². The van der Waals surface area contributed by atoms with Crippen LogP contribution in [0.3, 0.4) is 0 Å². The summed E-state index contributed by atoms with van der Waals surface area (Å²) in [5, 5.41) is 0.203. The minimum atomic E-state index is -0.210. The monoisotopic (exact) mass is 430 g/mol. The lowest BCUT2D eigenvalue weighted by atomic mass is 10.1. The van der Waals surface area contributed by atoms with Crippen molar-refractivity contribution in [2.75, 3.05) is 12.9 Å². The van der Waals surface area contributed by atoms with Crippen molar-refractivity contribution in [3.8, 4) is 0 Å². The molecule has 0 amide bonds. The topological polar surface area (TPSA) is 60.4 Å². The summed E-state index contributed by atoms with van der Waals surface area (Å²) in [4.78, 5) is 36.1. The van der Waals surface area contributed by atoms with Crippen LogP contribution in [0.25, 0.3) is 0 Å². The van der Waals surface area contributed by atoms with Crippen LogP contribution >= 0.6 is 23.5 Å². The van der Waals surface area contributed by atoms with Crippen molar-refractivity contribution in [2.24, 2.45) is 0 Å². The van der Waals surface area contributed by atoms with E-state index in [1.807, 2.05) is 60.7 Å². The zero-order valence-corrected chi connectivity index (χ0v) is 18.2. The predicted molar refractivity (Wildman–Crippen MR) is 120 cm³/mol. The Kier molecular flexibility index (Phi) is 10.6. The molecule has 0 saturated carbocycles. The Labute approximate surface area is 180 Å². The molecule has 0 aliphatic heterocycles. The third kappa shape index (κ3) is 8.88. The highest BCUT2D eigenvalue weighted by atomic mass is 32.2. The molecule has 0 aliphatic rings. The van der Waals surface area contributed by atoms with Gasteiger partial charge in [0.05, 0.1) is 7.11 Å². The number of methoxy groups -OCH3 is 1. The molecule has 0 N–H and O–H groups in total. The lowest BCUT2D eigenvalue weighted by Crippen LogP contribution is -2.10. The second kappa shape index (κ2) is 13.2. The number of hydrogen-bond acceptors (Lipinski definition) is 6. The molecule has 29 heavy (non-hydrogen) atoms. The number of unbranched alkanes of at least 4 members (excludes halogenated alkanes) is 1. The SMILES string of the molecule is COC(=O)CCCCC(CCSC(=O)c1ccccc1)SC(=O)c1ccccc1. The van der Waals surface area contributed by atoms with E-state index in [4.69, 9.17) is 0 Å². The molecule has 0 radical (unpaired) electrons. The van der Waals surface area contributed by atoms with E-state index in [0.29, 0.717) is 23.3 Å². The number of benzene rings is 2. The van der Waals surface area contributed by atoms with Crippen LogP contribution in [0.2, 0.25) is 0 Å². The molecule has 6 heteroatoms.